The normalized spacial score (nSPS) is 26.4. The van der Waals surface area contributed by atoms with Crippen molar-refractivity contribution in [1.29, 1.82) is 0 Å². The first-order chi connectivity index (χ1) is 10.1. The van der Waals surface area contributed by atoms with Crippen molar-refractivity contribution in [2.45, 2.75) is 57.1 Å². The lowest BCUT2D eigenvalue weighted by Crippen LogP contribution is -2.47. The molecule has 1 aliphatic rings. The highest BCUT2D eigenvalue weighted by atomic mass is 32.1. The van der Waals surface area contributed by atoms with Crippen LogP contribution in [-0.4, -0.2) is 38.5 Å². The Bertz CT molecular complexity index is 420. The van der Waals surface area contributed by atoms with Gasteiger partial charge in [0.05, 0.1) is 23.9 Å². The smallest absolute Gasteiger partial charge is 0.113 e. The Morgan fingerprint density at radius 1 is 1.38 bits per heavy atom. The zero-order chi connectivity index (χ0) is 15.3. The number of hydrogen-bond acceptors (Lipinski definition) is 5. The molecule has 5 heteroatoms. The van der Waals surface area contributed by atoms with Crippen LogP contribution in [0.15, 0.2) is 5.38 Å². The minimum Gasteiger partial charge on any atom is -0.383 e. The molecule has 1 N–H and O–H groups in total. The van der Waals surface area contributed by atoms with Crippen molar-refractivity contribution in [2.24, 2.45) is 0 Å². The molecule has 1 aromatic rings. The predicted octanol–water partition coefficient (Wildman–Crippen LogP) is 3.29. The Hall–Kier alpha value is -0.490. The van der Waals surface area contributed by atoms with Crippen LogP contribution in [0.4, 0.5) is 0 Å². The van der Waals surface area contributed by atoms with E-state index in [4.69, 9.17) is 14.5 Å². The number of nitrogens with zero attached hydrogens (tertiary/aromatic N) is 1. The van der Waals surface area contributed by atoms with E-state index in [-0.39, 0.29) is 5.54 Å². The molecule has 0 amide bonds. The molecule has 0 bridgehead atoms. The van der Waals surface area contributed by atoms with Crippen LogP contribution >= 0.6 is 11.3 Å². The second-order valence-electron chi connectivity index (χ2n) is 6.17. The quantitative estimate of drug-likeness (QED) is 0.785. The average Bonchev–Trinajstić information content (AvgIpc) is 2.99. The Morgan fingerprint density at radius 2 is 2.10 bits per heavy atom. The van der Waals surface area contributed by atoms with Crippen molar-refractivity contribution in [3.63, 3.8) is 0 Å². The number of nitrogens with one attached hydrogen (secondary N) is 1. The molecule has 1 aromatic heterocycles. The number of thiazole rings is 1. The highest BCUT2D eigenvalue weighted by Gasteiger charge is 2.39. The summed E-state index contributed by atoms with van der Waals surface area (Å²) in [7, 11) is 3.56. The molecule has 4 nitrogen and oxygen atoms in total. The van der Waals surface area contributed by atoms with Gasteiger partial charge >= 0.3 is 0 Å². The number of hydrogen-bond donors (Lipinski definition) is 1. The van der Waals surface area contributed by atoms with Crippen LogP contribution in [0.25, 0.3) is 0 Å². The Kier molecular flexibility index (Phi) is 6.17. The van der Waals surface area contributed by atoms with Crippen molar-refractivity contribution in [1.82, 2.24) is 10.3 Å². The first-order valence-corrected chi connectivity index (χ1v) is 8.72. The molecule has 1 fully saturated rings. The number of methoxy groups -OCH3 is 2. The Morgan fingerprint density at radius 3 is 2.62 bits per heavy atom. The van der Waals surface area contributed by atoms with E-state index in [1.165, 1.54) is 10.7 Å². The van der Waals surface area contributed by atoms with E-state index in [2.05, 4.69) is 24.5 Å². The summed E-state index contributed by atoms with van der Waals surface area (Å²) in [6, 6.07) is 0. The summed E-state index contributed by atoms with van der Waals surface area (Å²) in [5.74, 6) is 0.487. The van der Waals surface area contributed by atoms with Gasteiger partial charge in [0.15, 0.2) is 0 Å². The van der Waals surface area contributed by atoms with Crippen LogP contribution in [0.1, 0.15) is 56.2 Å². The molecular weight excluding hydrogens is 284 g/mol. The number of aromatic nitrogens is 1. The molecule has 1 aliphatic carbocycles. The van der Waals surface area contributed by atoms with Crippen LogP contribution in [0.3, 0.4) is 0 Å². The molecule has 0 radical (unpaired) electrons. The first-order valence-electron chi connectivity index (χ1n) is 7.84. The maximum atomic E-state index is 5.52. The third kappa shape index (κ3) is 4.03. The van der Waals surface area contributed by atoms with Gasteiger partial charge in [0.25, 0.3) is 0 Å². The van der Waals surface area contributed by atoms with Gasteiger partial charge in [-0.2, -0.15) is 0 Å². The van der Waals surface area contributed by atoms with E-state index in [9.17, 15) is 0 Å². The summed E-state index contributed by atoms with van der Waals surface area (Å²) >= 11 is 1.79. The van der Waals surface area contributed by atoms with Crippen molar-refractivity contribution in [3.05, 3.63) is 16.1 Å². The van der Waals surface area contributed by atoms with Crippen LogP contribution in [-0.2, 0) is 15.0 Å². The third-order valence-electron chi connectivity index (χ3n) is 4.41. The molecule has 1 heterocycles. The van der Waals surface area contributed by atoms with Gasteiger partial charge < -0.3 is 14.8 Å². The standard InChI is InChI=1S/C16H28N2O2S/c1-12(2)14-11-21-15(18-14)16(17-9-10-19-3)7-5-13(20-4)6-8-16/h11-13,17H,5-10H2,1-4H3. The molecular formula is C16H28N2O2S. The van der Waals surface area contributed by atoms with Crippen molar-refractivity contribution < 1.29 is 9.47 Å². The molecule has 120 valence electrons. The molecule has 0 aromatic carbocycles. The van der Waals surface area contributed by atoms with E-state index < -0.39 is 0 Å². The predicted molar refractivity (Wildman–Crippen MR) is 87.0 cm³/mol. The van der Waals surface area contributed by atoms with Gasteiger partial charge in [-0.25, -0.2) is 4.98 Å². The molecule has 0 atom stereocenters. The fourth-order valence-corrected chi connectivity index (χ4v) is 4.17. The summed E-state index contributed by atoms with van der Waals surface area (Å²) < 4.78 is 10.7. The molecule has 21 heavy (non-hydrogen) atoms. The zero-order valence-electron chi connectivity index (χ0n) is 13.6. The van der Waals surface area contributed by atoms with Gasteiger partial charge in [0.2, 0.25) is 0 Å². The zero-order valence-corrected chi connectivity index (χ0v) is 14.5. The minimum absolute atomic E-state index is 0.00532. The van der Waals surface area contributed by atoms with Gasteiger partial charge in [-0.3, -0.25) is 0 Å². The van der Waals surface area contributed by atoms with Crippen molar-refractivity contribution >= 4 is 11.3 Å². The summed E-state index contributed by atoms with van der Waals surface area (Å²) in [5, 5.41) is 7.16. The second-order valence-corrected chi connectivity index (χ2v) is 7.03. The highest BCUT2D eigenvalue weighted by molar-refractivity contribution is 7.09. The van der Waals surface area contributed by atoms with E-state index in [0.717, 1.165) is 38.8 Å². The van der Waals surface area contributed by atoms with Crippen molar-refractivity contribution in [3.8, 4) is 0 Å². The molecule has 0 saturated heterocycles. The second kappa shape index (κ2) is 7.68. The Labute approximate surface area is 132 Å². The number of ether oxygens (including phenoxy) is 2. The summed E-state index contributed by atoms with van der Waals surface area (Å²) in [6.07, 6.45) is 4.74. The monoisotopic (exact) mass is 312 g/mol. The fraction of sp³-hybridized carbons (Fsp3) is 0.812. The van der Waals surface area contributed by atoms with Crippen LogP contribution in [0.5, 0.6) is 0 Å². The number of rotatable bonds is 7. The van der Waals surface area contributed by atoms with Gasteiger partial charge in [-0.15, -0.1) is 11.3 Å². The first kappa shape index (κ1) is 16.9. The lowest BCUT2D eigenvalue weighted by atomic mass is 9.80. The highest BCUT2D eigenvalue weighted by Crippen LogP contribution is 2.40. The largest absolute Gasteiger partial charge is 0.383 e. The fourth-order valence-electron chi connectivity index (χ4n) is 2.95. The van der Waals surface area contributed by atoms with Gasteiger partial charge in [0.1, 0.15) is 5.01 Å². The molecule has 1 saturated carbocycles. The molecule has 0 spiro atoms. The SMILES string of the molecule is COCCNC1(c2nc(C(C)C)cs2)CCC(OC)CC1. The van der Waals surface area contributed by atoms with Gasteiger partial charge in [-0.1, -0.05) is 13.8 Å². The summed E-state index contributed by atoms with van der Waals surface area (Å²) in [5.41, 5.74) is 1.21. The van der Waals surface area contributed by atoms with Gasteiger partial charge in [0, 0.05) is 26.1 Å². The lowest BCUT2D eigenvalue weighted by Gasteiger charge is -2.39. The van der Waals surface area contributed by atoms with E-state index in [0.29, 0.717) is 12.0 Å². The van der Waals surface area contributed by atoms with E-state index in [1.54, 1.807) is 18.4 Å². The molecule has 0 unspecified atom stereocenters. The van der Waals surface area contributed by atoms with Gasteiger partial charge in [-0.05, 0) is 31.6 Å². The van der Waals surface area contributed by atoms with Crippen molar-refractivity contribution in [2.75, 3.05) is 27.4 Å². The molecule has 0 aliphatic heterocycles. The average molecular weight is 312 g/mol. The third-order valence-corrected chi connectivity index (χ3v) is 5.48. The van der Waals surface area contributed by atoms with E-state index >= 15 is 0 Å². The maximum Gasteiger partial charge on any atom is 0.113 e. The van der Waals surface area contributed by atoms with Crippen LogP contribution in [0.2, 0.25) is 0 Å². The van der Waals surface area contributed by atoms with Crippen LogP contribution < -0.4 is 5.32 Å². The van der Waals surface area contributed by atoms with E-state index in [1.807, 2.05) is 7.11 Å². The topological polar surface area (TPSA) is 43.4 Å². The maximum absolute atomic E-state index is 5.52. The molecule has 2 rings (SSSR count). The lowest BCUT2D eigenvalue weighted by molar-refractivity contribution is 0.0383. The summed E-state index contributed by atoms with van der Waals surface area (Å²) in [6.45, 7) is 6.00. The summed E-state index contributed by atoms with van der Waals surface area (Å²) in [4.78, 5) is 4.91. The Balaban J connectivity index is 2.14. The minimum atomic E-state index is 0.00532. The van der Waals surface area contributed by atoms with Crippen LogP contribution in [0, 0.1) is 0 Å².